The van der Waals surface area contributed by atoms with Gasteiger partial charge in [0.25, 0.3) is 0 Å². The first kappa shape index (κ1) is 13.9. The second-order valence-electron chi connectivity index (χ2n) is 4.50. The van der Waals surface area contributed by atoms with Crippen molar-refractivity contribution in [3.05, 3.63) is 57.3 Å². The molecule has 0 fully saturated rings. The van der Waals surface area contributed by atoms with Crippen LogP contribution in [0.1, 0.15) is 16.7 Å². The summed E-state index contributed by atoms with van der Waals surface area (Å²) >= 11 is 3.38. The molecule has 0 bridgehead atoms. The third-order valence-electron chi connectivity index (χ3n) is 2.95. The maximum atomic E-state index is 13.2. The van der Waals surface area contributed by atoms with Crippen molar-refractivity contribution in [3.8, 4) is 5.75 Å². The van der Waals surface area contributed by atoms with Crippen LogP contribution in [0.5, 0.6) is 5.75 Å². The van der Waals surface area contributed by atoms with Crippen molar-refractivity contribution in [2.45, 2.75) is 20.5 Å². The quantitative estimate of drug-likeness (QED) is 0.851. The van der Waals surface area contributed by atoms with Gasteiger partial charge >= 0.3 is 0 Å². The number of aryl methyl sites for hydroxylation is 2. The number of nitrogens with two attached hydrogens (primary N) is 1. The number of nitrogen functional groups attached to an aromatic ring is 1. The summed E-state index contributed by atoms with van der Waals surface area (Å²) in [5, 5.41) is 0. The molecule has 0 amide bonds. The van der Waals surface area contributed by atoms with Gasteiger partial charge < -0.3 is 10.5 Å². The van der Waals surface area contributed by atoms with Crippen molar-refractivity contribution in [3.63, 3.8) is 0 Å². The molecule has 2 aromatic carbocycles. The first-order valence-corrected chi connectivity index (χ1v) is 6.70. The van der Waals surface area contributed by atoms with Crippen LogP contribution in [0, 0.1) is 19.7 Å². The standard InChI is InChI=1S/C15H15BrFNO/c1-9-3-4-13(17)6-11(9)8-19-15-10(2)5-12(16)7-14(15)18/h3-7H,8,18H2,1-2H3. The van der Waals surface area contributed by atoms with E-state index in [1.807, 2.05) is 19.9 Å². The Kier molecular flexibility index (Phi) is 4.10. The fraction of sp³-hybridized carbons (Fsp3) is 0.200. The molecule has 100 valence electrons. The maximum Gasteiger partial charge on any atom is 0.145 e. The second kappa shape index (κ2) is 5.61. The number of anilines is 1. The average molecular weight is 324 g/mol. The van der Waals surface area contributed by atoms with Crippen LogP contribution in [0.4, 0.5) is 10.1 Å². The molecule has 0 aliphatic heterocycles. The molecule has 2 N–H and O–H groups in total. The number of rotatable bonds is 3. The second-order valence-corrected chi connectivity index (χ2v) is 5.42. The first-order chi connectivity index (χ1) is 8.97. The van der Waals surface area contributed by atoms with Gasteiger partial charge in [-0.3, -0.25) is 0 Å². The van der Waals surface area contributed by atoms with E-state index < -0.39 is 0 Å². The zero-order chi connectivity index (χ0) is 14.0. The van der Waals surface area contributed by atoms with Crippen molar-refractivity contribution in [2.24, 2.45) is 0 Å². The Bertz CT molecular complexity index is 590. The van der Waals surface area contributed by atoms with E-state index in [-0.39, 0.29) is 5.82 Å². The summed E-state index contributed by atoms with van der Waals surface area (Å²) in [5.74, 6) is 0.386. The van der Waals surface area contributed by atoms with Crippen LogP contribution in [-0.4, -0.2) is 0 Å². The van der Waals surface area contributed by atoms with E-state index in [0.717, 1.165) is 21.2 Å². The van der Waals surface area contributed by atoms with Crippen molar-refractivity contribution < 1.29 is 9.13 Å². The van der Waals surface area contributed by atoms with Gasteiger partial charge in [0.15, 0.2) is 0 Å². The zero-order valence-corrected chi connectivity index (χ0v) is 12.4. The lowest BCUT2D eigenvalue weighted by Crippen LogP contribution is -2.02. The number of halogens is 2. The fourth-order valence-corrected chi connectivity index (χ4v) is 2.49. The Labute approximate surface area is 120 Å². The molecule has 0 unspecified atom stereocenters. The van der Waals surface area contributed by atoms with Crippen LogP contribution in [0.15, 0.2) is 34.8 Å². The molecule has 0 aliphatic carbocycles. The van der Waals surface area contributed by atoms with Crippen LogP contribution in [-0.2, 0) is 6.61 Å². The van der Waals surface area contributed by atoms with Crippen LogP contribution >= 0.6 is 15.9 Å². The smallest absolute Gasteiger partial charge is 0.145 e. The van der Waals surface area contributed by atoms with E-state index in [4.69, 9.17) is 10.5 Å². The number of ether oxygens (including phenoxy) is 1. The Morgan fingerprint density at radius 1 is 1.16 bits per heavy atom. The fourth-order valence-electron chi connectivity index (χ4n) is 1.90. The molecule has 0 radical (unpaired) electrons. The van der Waals surface area contributed by atoms with E-state index in [1.165, 1.54) is 12.1 Å². The number of benzene rings is 2. The molecule has 0 saturated heterocycles. The monoisotopic (exact) mass is 323 g/mol. The lowest BCUT2D eigenvalue weighted by Gasteiger charge is -2.13. The number of hydrogen-bond donors (Lipinski definition) is 1. The largest absolute Gasteiger partial charge is 0.486 e. The van der Waals surface area contributed by atoms with Crippen LogP contribution < -0.4 is 10.5 Å². The molecule has 0 spiro atoms. The molecule has 0 saturated carbocycles. The molecular weight excluding hydrogens is 309 g/mol. The normalized spacial score (nSPS) is 10.5. The van der Waals surface area contributed by atoms with Gasteiger partial charge in [0.1, 0.15) is 18.2 Å². The molecule has 19 heavy (non-hydrogen) atoms. The average Bonchev–Trinajstić information content (AvgIpc) is 2.32. The summed E-state index contributed by atoms with van der Waals surface area (Å²) < 4.78 is 19.8. The molecule has 2 rings (SSSR count). The summed E-state index contributed by atoms with van der Waals surface area (Å²) in [6.45, 7) is 4.15. The molecule has 0 aliphatic rings. The van der Waals surface area contributed by atoms with Gasteiger partial charge in [0.05, 0.1) is 5.69 Å². The highest BCUT2D eigenvalue weighted by atomic mass is 79.9. The first-order valence-electron chi connectivity index (χ1n) is 5.91. The van der Waals surface area contributed by atoms with E-state index >= 15 is 0 Å². The van der Waals surface area contributed by atoms with Crippen molar-refractivity contribution >= 4 is 21.6 Å². The minimum atomic E-state index is -0.260. The molecule has 2 aromatic rings. The van der Waals surface area contributed by atoms with Gasteiger partial charge in [-0.2, -0.15) is 0 Å². The zero-order valence-electron chi connectivity index (χ0n) is 10.8. The molecule has 0 aromatic heterocycles. The van der Waals surface area contributed by atoms with E-state index in [2.05, 4.69) is 15.9 Å². The minimum absolute atomic E-state index is 0.260. The van der Waals surface area contributed by atoms with Gasteiger partial charge in [-0.15, -0.1) is 0 Å². The molecule has 2 nitrogen and oxygen atoms in total. The van der Waals surface area contributed by atoms with Crippen LogP contribution in [0.3, 0.4) is 0 Å². The predicted molar refractivity (Wildman–Crippen MR) is 78.8 cm³/mol. The third kappa shape index (κ3) is 3.26. The lowest BCUT2D eigenvalue weighted by atomic mass is 10.1. The molecule has 4 heteroatoms. The highest BCUT2D eigenvalue weighted by Gasteiger charge is 2.08. The Morgan fingerprint density at radius 3 is 2.58 bits per heavy atom. The molecule has 0 heterocycles. The maximum absolute atomic E-state index is 13.2. The van der Waals surface area contributed by atoms with Crippen molar-refractivity contribution in [2.75, 3.05) is 5.73 Å². The topological polar surface area (TPSA) is 35.2 Å². The van der Waals surface area contributed by atoms with Crippen LogP contribution in [0.2, 0.25) is 0 Å². The highest BCUT2D eigenvalue weighted by molar-refractivity contribution is 9.10. The SMILES string of the molecule is Cc1ccc(F)cc1COc1c(C)cc(Br)cc1N. The summed E-state index contributed by atoms with van der Waals surface area (Å²) in [5.41, 5.74) is 9.26. The Hall–Kier alpha value is -1.55. The van der Waals surface area contributed by atoms with Crippen LogP contribution in [0.25, 0.3) is 0 Å². The molecular formula is C15H15BrFNO. The predicted octanol–water partition coefficient (Wildman–Crippen LogP) is 4.37. The van der Waals surface area contributed by atoms with Gasteiger partial charge in [-0.1, -0.05) is 22.0 Å². The molecule has 0 atom stereocenters. The van der Waals surface area contributed by atoms with Gasteiger partial charge in [-0.25, -0.2) is 4.39 Å². The third-order valence-corrected chi connectivity index (χ3v) is 3.41. The van der Waals surface area contributed by atoms with Gasteiger partial charge in [0.2, 0.25) is 0 Å². The summed E-state index contributed by atoms with van der Waals surface area (Å²) in [6, 6.07) is 8.40. The summed E-state index contributed by atoms with van der Waals surface area (Å²) in [7, 11) is 0. The van der Waals surface area contributed by atoms with Crippen molar-refractivity contribution in [1.29, 1.82) is 0 Å². The van der Waals surface area contributed by atoms with Crippen molar-refractivity contribution in [1.82, 2.24) is 0 Å². The lowest BCUT2D eigenvalue weighted by molar-refractivity contribution is 0.304. The minimum Gasteiger partial charge on any atom is -0.486 e. The van der Waals surface area contributed by atoms with Gasteiger partial charge in [-0.05, 0) is 54.8 Å². The van der Waals surface area contributed by atoms with E-state index in [1.54, 1.807) is 12.1 Å². The number of hydrogen-bond acceptors (Lipinski definition) is 2. The van der Waals surface area contributed by atoms with E-state index in [0.29, 0.717) is 18.0 Å². The van der Waals surface area contributed by atoms with Gasteiger partial charge in [0, 0.05) is 4.47 Å². The Morgan fingerprint density at radius 2 is 1.89 bits per heavy atom. The summed E-state index contributed by atoms with van der Waals surface area (Å²) in [6.07, 6.45) is 0. The summed E-state index contributed by atoms with van der Waals surface area (Å²) in [4.78, 5) is 0. The Balaban J connectivity index is 2.21. The highest BCUT2D eigenvalue weighted by Crippen LogP contribution is 2.30. The van der Waals surface area contributed by atoms with E-state index in [9.17, 15) is 4.39 Å².